The van der Waals surface area contributed by atoms with Crippen LogP contribution in [0.4, 0.5) is 17.6 Å². The predicted octanol–water partition coefficient (Wildman–Crippen LogP) is 4.48. The van der Waals surface area contributed by atoms with Crippen molar-refractivity contribution in [2.75, 3.05) is 0 Å². The van der Waals surface area contributed by atoms with E-state index >= 15 is 0 Å². The molecular weight excluding hydrogens is 288 g/mol. The summed E-state index contributed by atoms with van der Waals surface area (Å²) < 4.78 is 54.6. The second kappa shape index (κ2) is 5.66. The van der Waals surface area contributed by atoms with E-state index in [1.54, 1.807) is 0 Å². The van der Waals surface area contributed by atoms with Crippen LogP contribution >= 0.6 is 0 Å². The highest BCUT2D eigenvalue weighted by Gasteiger charge is 2.46. The van der Waals surface area contributed by atoms with Crippen molar-refractivity contribution in [2.45, 2.75) is 44.4 Å². The Kier molecular flexibility index (Phi) is 4.25. The zero-order valence-corrected chi connectivity index (χ0v) is 11.3. The molecule has 0 radical (unpaired) electrons. The number of carboxylic acid groups (broad SMARTS) is 1. The van der Waals surface area contributed by atoms with E-state index in [2.05, 4.69) is 0 Å². The molecule has 1 N–H and O–H groups in total. The van der Waals surface area contributed by atoms with E-state index < -0.39 is 40.9 Å². The summed E-state index contributed by atoms with van der Waals surface area (Å²) in [7, 11) is 0. The summed E-state index contributed by atoms with van der Waals surface area (Å²) in [6.45, 7) is 0. The number of benzene rings is 1. The van der Waals surface area contributed by atoms with Crippen LogP contribution in [0.5, 0.6) is 0 Å². The molecular formula is C15H16F4O2. The standard InChI is InChI=1S/C15H16F4O2/c16-11-4-3-10(7-12(11)17)15(18,19)9-14(8-13(20)21)5-1-2-6-14/h3-4,7H,1-2,5-6,8-9H2,(H,20,21). The Hall–Kier alpha value is -1.59. The SMILES string of the molecule is O=C(O)CC1(CC(F)(F)c2ccc(F)c(F)c2)CCCC1. The molecule has 2 nitrogen and oxygen atoms in total. The van der Waals surface area contributed by atoms with E-state index in [0.29, 0.717) is 37.8 Å². The van der Waals surface area contributed by atoms with Gasteiger partial charge in [-0.15, -0.1) is 0 Å². The zero-order chi connectivity index (χ0) is 15.7. The average molecular weight is 304 g/mol. The summed E-state index contributed by atoms with van der Waals surface area (Å²) in [5.41, 5.74) is -1.58. The molecule has 1 fully saturated rings. The number of hydrogen-bond donors (Lipinski definition) is 1. The first-order chi connectivity index (χ1) is 9.74. The molecule has 0 unspecified atom stereocenters. The smallest absolute Gasteiger partial charge is 0.303 e. The van der Waals surface area contributed by atoms with Crippen LogP contribution in [0.3, 0.4) is 0 Å². The quantitative estimate of drug-likeness (QED) is 0.814. The largest absolute Gasteiger partial charge is 0.481 e. The molecule has 116 valence electrons. The Morgan fingerprint density at radius 1 is 1.19 bits per heavy atom. The summed E-state index contributed by atoms with van der Waals surface area (Å²) in [5.74, 6) is -7.01. The topological polar surface area (TPSA) is 37.3 Å². The lowest BCUT2D eigenvalue weighted by Gasteiger charge is -2.31. The molecule has 0 bridgehead atoms. The normalized spacial score (nSPS) is 17.9. The molecule has 1 aromatic carbocycles. The van der Waals surface area contributed by atoms with E-state index in [9.17, 15) is 22.4 Å². The third-order valence-electron chi connectivity index (χ3n) is 4.13. The Labute approximate surface area is 119 Å². The second-order valence-electron chi connectivity index (χ2n) is 5.79. The summed E-state index contributed by atoms with van der Waals surface area (Å²) >= 11 is 0. The second-order valence-corrected chi connectivity index (χ2v) is 5.79. The van der Waals surface area contributed by atoms with Crippen molar-refractivity contribution in [3.05, 3.63) is 35.4 Å². The van der Waals surface area contributed by atoms with Gasteiger partial charge in [-0.2, -0.15) is 0 Å². The Bertz CT molecular complexity index is 536. The van der Waals surface area contributed by atoms with Crippen LogP contribution in [-0.2, 0) is 10.7 Å². The van der Waals surface area contributed by atoms with Gasteiger partial charge in [0.25, 0.3) is 5.92 Å². The highest BCUT2D eigenvalue weighted by atomic mass is 19.3. The van der Waals surface area contributed by atoms with Gasteiger partial charge in [0.2, 0.25) is 0 Å². The van der Waals surface area contributed by atoms with Crippen LogP contribution in [0.15, 0.2) is 18.2 Å². The van der Waals surface area contributed by atoms with E-state index in [4.69, 9.17) is 5.11 Å². The van der Waals surface area contributed by atoms with Crippen molar-refractivity contribution in [3.8, 4) is 0 Å². The van der Waals surface area contributed by atoms with Gasteiger partial charge in [-0.1, -0.05) is 12.8 Å². The van der Waals surface area contributed by atoms with Crippen LogP contribution in [0.2, 0.25) is 0 Å². The first-order valence-corrected chi connectivity index (χ1v) is 6.79. The maximum absolute atomic E-state index is 14.3. The molecule has 21 heavy (non-hydrogen) atoms. The maximum atomic E-state index is 14.3. The van der Waals surface area contributed by atoms with Gasteiger partial charge in [0.1, 0.15) is 0 Å². The molecule has 1 saturated carbocycles. The van der Waals surface area contributed by atoms with Crippen LogP contribution in [0.1, 0.15) is 44.1 Å². The molecule has 2 rings (SSSR count). The van der Waals surface area contributed by atoms with Gasteiger partial charge in [0, 0.05) is 12.0 Å². The molecule has 0 spiro atoms. The Balaban J connectivity index is 2.25. The van der Waals surface area contributed by atoms with Crippen molar-refractivity contribution in [1.82, 2.24) is 0 Å². The van der Waals surface area contributed by atoms with Gasteiger partial charge in [-0.3, -0.25) is 4.79 Å². The highest BCUT2D eigenvalue weighted by molar-refractivity contribution is 5.67. The monoisotopic (exact) mass is 304 g/mol. The minimum absolute atomic E-state index is 0.327. The minimum atomic E-state index is -3.38. The number of rotatable bonds is 5. The Morgan fingerprint density at radius 2 is 1.81 bits per heavy atom. The zero-order valence-electron chi connectivity index (χ0n) is 11.3. The van der Waals surface area contributed by atoms with Crippen molar-refractivity contribution in [3.63, 3.8) is 0 Å². The lowest BCUT2D eigenvalue weighted by Crippen LogP contribution is -2.29. The highest BCUT2D eigenvalue weighted by Crippen LogP contribution is 2.51. The molecule has 0 aliphatic heterocycles. The van der Waals surface area contributed by atoms with Gasteiger partial charge in [-0.25, -0.2) is 17.6 Å². The minimum Gasteiger partial charge on any atom is -0.481 e. The molecule has 0 heterocycles. The molecule has 0 amide bonds. The van der Waals surface area contributed by atoms with Gasteiger partial charge >= 0.3 is 5.97 Å². The summed E-state index contributed by atoms with van der Waals surface area (Å²) in [6, 6.07) is 2.00. The number of carboxylic acids is 1. The molecule has 0 saturated heterocycles. The molecule has 1 aliphatic carbocycles. The lowest BCUT2D eigenvalue weighted by molar-refractivity contribution is -0.141. The fourth-order valence-electron chi connectivity index (χ4n) is 3.16. The first-order valence-electron chi connectivity index (χ1n) is 6.79. The number of hydrogen-bond acceptors (Lipinski definition) is 1. The summed E-state index contributed by atoms with van der Waals surface area (Å²) in [6.07, 6.45) is 1.27. The fourth-order valence-corrected chi connectivity index (χ4v) is 3.16. The van der Waals surface area contributed by atoms with E-state index in [-0.39, 0.29) is 6.42 Å². The molecule has 6 heteroatoms. The molecule has 1 aliphatic rings. The third kappa shape index (κ3) is 3.54. The van der Waals surface area contributed by atoms with E-state index in [1.165, 1.54) is 0 Å². The van der Waals surface area contributed by atoms with E-state index in [1.807, 2.05) is 0 Å². The van der Waals surface area contributed by atoms with Crippen molar-refractivity contribution >= 4 is 5.97 Å². The third-order valence-corrected chi connectivity index (χ3v) is 4.13. The van der Waals surface area contributed by atoms with Gasteiger partial charge < -0.3 is 5.11 Å². The van der Waals surface area contributed by atoms with Crippen LogP contribution in [0, 0.1) is 17.0 Å². The number of carbonyl (C=O) groups is 1. The molecule has 0 aromatic heterocycles. The molecule has 1 aromatic rings. The predicted molar refractivity (Wildman–Crippen MR) is 68.0 cm³/mol. The van der Waals surface area contributed by atoms with E-state index in [0.717, 1.165) is 6.07 Å². The number of aliphatic carboxylic acids is 1. The van der Waals surface area contributed by atoms with Crippen molar-refractivity contribution in [2.24, 2.45) is 5.41 Å². The lowest BCUT2D eigenvalue weighted by atomic mass is 9.76. The van der Waals surface area contributed by atoms with Gasteiger partial charge in [0.05, 0.1) is 6.42 Å². The fraction of sp³-hybridized carbons (Fsp3) is 0.533. The summed E-state index contributed by atoms with van der Waals surface area (Å²) in [4.78, 5) is 10.9. The van der Waals surface area contributed by atoms with Gasteiger partial charge in [-0.05, 0) is 36.5 Å². The summed E-state index contributed by atoms with van der Waals surface area (Å²) in [5, 5.41) is 8.93. The Morgan fingerprint density at radius 3 is 2.33 bits per heavy atom. The van der Waals surface area contributed by atoms with Crippen LogP contribution in [0.25, 0.3) is 0 Å². The van der Waals surface area contributed by atoms with Crippen LogP contribution < -0.4 is 0 Å². The number of halogens is 4. The average Bonchev–Trinajstić information content (AvgIpc) is 2.78. The van der Waals surface area contributed by atoms with Crippen molar-refractivity contribution < 1.29 is 27.5 Å². The molecule has 0 atom stereocenters. The maximum Gasteiger partial charge on any atom is 0.303 e. The van der Waals surface area contributed by atoms with Gasteiger partial charge in [0.15, 0.2) is 11.6 Å². The van der Waals surface area contributed by atoms with Crippen LogP contribution in [-0.4, -0.2) is 11.1 Å². The first kappa shape index (κ1) is 15.8. The van der Waals surface area contributed by atoms with Crippen molar-refractivity contribution in [1.29, 1.82) is 0 Å². The number of alkyl halides is 2.